The van der Waals surface area contributed by atoms with Gasteiger partial charge in [-0.1, -0.05) is 18.2 Å². The number of benzene rings is 1. The van der Waals surface area contributed by atoms with Crippen LogP contribution in [0.15, 0.2) is 24.3 Å². The van der Waals surface area contributed by atoms with Crippen LogP contribution >= 0.6 is 0 Å². The van der Waals surface area contributed by atoms with E-state index in [2.05, 4.69) is 50.4 Å². The van der Waals surface area contributed by atoms with E-state index in [4.69, 9.17) is 0 Å². The fourth-order valence-electron chi connectivity index (χ4n) is 2.06. The number of nitrogens with one attached hydrogen (secondary N) is 1. The summed E-state index contributed by atoms with van der Waals surface area (Å²) >= 11 is 0. The van der Waals surface area contributed by atoms with Gasteiger partial charge in [0.1, 0.15) is 0 Å². The lowest BCUT2D eigenvalue weighted by molar-refractivity contribution is 0.982. The molecule has 68 valence electrons. The molecule has 1 unspecified atom stereocenters. The van der Waals surface area contributed by atoms with Crippen LogP contribution in [0, 0.1) is 6.92 Å². The molecule has 13 heavy (non-hydrogen) atoms. The van der Waals surface area contributed by atoms with Crippen LogP contribution in [0.3, 0.4) is 0 Å². The van der Waals surface area contributed by atoms with Gasteiger partial charge in [0.05, 0.1) is 0 Å². The molecule has 0 spiro atoms. The number of hydrogen-bond acceptors (Lipinski definition) is 1. The zero-order valence-electron chi connectivity index (χ0n) is 8.39. The van der Waals surface area contributed by atoms with Gasteiger partial charge < -0.3 is 5.32 Å². The first-order chi connectivity index (χ1) is 6.18. The highest BCUT2D eigenvalue weighted by molar-refractivity contribution is 5.80. The Labute approximate surface area is 79.5 Å². The van der Waals surface area contributed by atoms with Gasteiger partial charge in [-0.05, 0) is 38.0 Å². The Morgan fingerprint density at radius 1 is 1.23 bits per heavy atom. The molecule has 1 heteroatoms. The van der Waals surface area contributed by atoms with Crippen molar-refractivity contribution in [3.8, 4) is 0 Å². The van der Waals surface area contributed by atoms with E-state index in [0.717, 1.165) is 0 Å². The summed E-state index contributed by atoms with van der Waals surface area (Å²) in [6.07, 6.45) is 2.27. The van der Waals surface area contributed by atoms with E-state index >= 15 is 0 Å². The zero-order chi connectivity index (χ0) is 9.42. The van der Waals surface area contributed by atoms with E-state index in [1.54, 1.807) is 0 Å². The Kier molecular flexibility index (Phi) is 1.87. The average Bonchev–Trinajstić information content (AvgIpc) is 2.02. The van der Waals surface area contributed by atoms with Gasteiger partial charge in [-0.2, -0.15) is 0 Å². The lowest BCUT2D eigenvalue weighted by atomic mass is 9.95. The molecule has 1 aliphatic heterocycles. The fourth-order valence-corrected chi connectivity index (χ4v) is 2.06. The van der Waals surface area contributed by atoms with Crippen molar-refractivity contribution in [2.75, 3.05) is 5.32 Å². The molecule has 0 saturated carbocycles. The molecule has 0 saturated heterocycles. The smallest absolute Gasteiger partial charge is 0.0423 e. The lowest BCUT2D eigenvalue weighted by Gasteiger charge is -2.23. The van der Waals surface area contributed by atoms with Gasteiger partial charge in [-0.3, -0.25) is 0 Å². The van der Waals surface area contributed by atoms with Gasteiger partial charge in [0.2, 0.25) is 0 Å². The molecule has 1 atom stereocenters. The third-order valence-corrected chi connectivity index (χ3v) is 2.55. The van der Waals surface area contributed by atoms with Gasteiger partial charge >= 0.3 is 0 Å². The zero-order valence-corrected chi connectivity index (χ0v) is 8.39. The second kappa shape index (κ2) is 2.91. The van der Waals surface area contributed by atoms with E-state index in [1.165, 1.54) is 22.4 Å². The molecule has 1 aliphatic rings. The van der Waals surface area contributed by atoms with Gasteiger partial charge in [-0.15, -0.1) is 0 Å². The molecule has 0 aliphatic carbocycles. The first-order valence-electron chi connectivity index (χ1n) is 4.73. The Bertz CT molecular complexity index is 363. The van der Waals surface area contributed by atoms with E-state index < -0.39 is 0 Å². The molecule has 0 radical (unpaired) electrons. The Balaban J connectivity index is 2.60. The van der Waals surface area contributed by atoms with E-state index in [0.29, 0.717) is 6.04 Å². The first kappa shape index (κ1) is 8.36. The molecule has 1 N–H and O–H groups in total. The van der Waals surface area contributed by atoms with Crippen LogP contribution in [0.25, 0.3) is 5.57 Å². The van der Waals surface area contributed by atoms with Crippen molar-refractivity contribution in [2.45, 2.75) is 26.8 Å². The van der Waals surface area contributed by atoms with Crippen LogP contribution in [0.1, 0.15) is 25.0 Å². The highest BCUT2D eigenvalue weighted by Crippen LogP contribution is 2.31. The molecule has 0 aromatic heterocycles. The summed E-state index contributed by atoms with van der Waals surface area (Å²) < 4.78 is 0. The minimum absolute atomic E-state index is 0.453. The quantitative estimate of drug-likeness (QED) is 0.635. The number of anilines is 1. The summed E-state index contributed by atoms with van der Waals surface area (Å²) in [6.45, 7) is 6.52. The third-order valence-electron chi connectivity index (χ3n) is 2.55. The largest absolute Gasteiger partial charge is 0.379 e. The molecular weight excluding hydrogens is 158 g/mol. The minimum Gasteiger partial charge on any atom is -0.379 e. The van der Waals surface area contributed by atoms with E-state index in [9.17, 15) is 0 Å². The number of allylic oxidation sites excluding steroid dienone is 1. The molecule has 1 heterocycles. The minimum atomic E-state index is 0.453. The number of aryl methyl sites for hydroxylation is 1. The maximum atomic E-state index is 3.45. The molecule has 0 amide bonds. The number of rotatable bonds is 0. The summed E-state index contributed by atoms with van der Waals surface area (Å²) in [7, 11) is 0. The maximum Gasteiger partial charge on any atom is 0.0423 e. The molecule has 1 nitrogen and oxygen atoms in total. The van der Waals surface area contributed by atoms with E-state index in [-0.39, 0.29) is 0 Å². The Hall–Kier alpha value is -1.24. The van der Waals surface area contributed by atoms with Gasteiger partial charge in [0.15, 0.2) is 0 Å². The van der Waals surface area contributed by atoms with Crippen molar-refractivity contribution in [3.05, 3.63) is 35.4 Å². The van der Waals surface area contributed by atoms with Crippen molar-refractivity contribution in [1.82, 2.24) is 0 Å². The van der Waals surface area contributed by atoms with Crippen molar-refractivity contribution in [2.24, 2.45) is 0 Å². The Morgan fingerprint density at radius 3 is 2.77 bits per heavy atom. The highest BCUT2D eigenvalue weighted by atomic mass is 14.9. The molecule has 1 aromatic carbocycles. The fraction of sp³-hybridized carbons (Fsp3) is 0.333. The van der Waals surface area contributed by atoms with Gasteiger partial charge in [0, 0.05) is 17.3 Å². The number of fused-ring (bicyclic) bond motifs is 1. The van der Waals surface area contributed by atoms with Crippen LogP contribution in [0.4, 0.5) is 5.69 Å². The summed E-state index contributed by atoms with van der Waals surface area (Å²) in [6, 6.07) is 6.87. The maximum absolute atomic E-state index is 3.45. The van der Waals surface area contributed by atoms with E-state index in [1.807, 2.05) is 0 Å². The average molecular weight is 173 g/mol. The van der Waals surface area contributed by atoms with Crippen LogP contribution in [0.5, 0.6) is 0 Å². The predicted octanol–water partition coefficient (Wildman–Crippen LogP) is 3.21. The molecule has 2 rings (SSSR count). The molecule has 1 aromatic rings. The predicted molar refractivity (Wildman–Crippen MR) is 57.9 cm³/mol. The van der Waals surface area contributed by atoms with Gasteiger partial charge in [0.25, 0.3) is 0 Å². The topological polar surface area (TPSA) is 12.0 Å². The van der Waals surface area contributed by atoms with Crippen molar-refractivity contribution < 1.29 is 0 Å². The second-order valence-corrected chi connectivity index (χ2v) is 3.78. The van der Waals surface area contributed by atoms with Crippen molar-refractivity contribution in [1.29, 1.82) is 0 Å². The Morgan fingerprint density at radius 2 is 2.00 bits per heavy atom. The third kappa shape index (κ3) is 1.35. The standard InChI is InChI=1S/C12H15N/c1-8-5-4-6-11-12(8)9(2)7-10(3)13-11/h4-7,10,13H,1-3H3. The summed E-state index contributed by atoms with van der Waals surface area (Å²) in [5.74, 6) is 0. The normalized spacial score (nSPS) is 20.2. The van der Waals surface area contributed by atoms with Crippen LogP contribution in [0.2, 0.25) is 0 Å². The van der Waals surface area contributed by atoms with Crippen LogP contribution < -0.4 is 5.32 Å². The van der Waals surface area contributed by atoms with Crippen molar-refractivity contribution in [3.63, 3.8) is 0 Å². The SMILES string of the molecule is CC1=CC(C)Nc2cccc(C)c21. The highest BCUT2D eigenvalue weighted by Gasteiger charge is 2.13. The monoisotopic (exact) mass is 173 g/mol. The molecule has 0 bridgehead atoms. The first-order valence-corrected chi connectivity index (χ1v) is 4.73. The van der Waals surface area contributed by atoms with Crippen LogP contribution in [-0.4, -0.2) is 6.04 Å². The molecular formula is C12H15N. The summed E-state index contributed by atoms with van der Waals surface area (Å²) in [5, 5.41) is 3.45. The van der Waals surface area contributed by atoms with Crippen molar-refractivity contribution >= 4 is 11.3 Å². The number of hydrogen-bond donors (Lipinski definition) is 1. The van der Waals surface area contributed by atoms with Gasteiger partial charge in [-0.25, -0.2) is 0 Å². The van der Waals surface area contributed by atoms with Crippen LogP contribution in [-0.2, 0) is 0 Å². The molecule has 0 fully saturated rings. The summed E-state index contributed by atoms with van der Waals surface area (Å²) in [5.41, 5.74) is 5.39. The lowest BCUT2D eigenvalue weighted by Crippen LogP contribution is -2.17. The second-order valence-electron chi connectivity index (χ2n) is 3.78. The summed E-state index contributed by atoms with van der Waals surface area (Å²) in [4.78, 5) is 0.